The summed E-state index contributed by atoms with van der Waals surface area (Å²) in [7, 11) is 1.40. The first-order chi connectivity index (χ1) is 21.8. The monoisotopic (exact) mass is 668 g/mol. The van der Waals surface area contributed by atoms with Crippen molar-refractivity contribution in [3.05, 3.63) is 62.7 Å². The van der Waals surface area contributed by atoms with Gasteiger partial charge in [0.25, 0.3) is 5.91 Å². The van der Waals surface area contributed by atoms with Gasteiger partial charge in [-0.25, -0.2) is 4.39 Å². The Hall–Kier alpha value is -4.04. The van der Waals surface area contributed by atoms with Crippen molar-refractivity contribution in [2.75, 3.05) is 44.8 Å². The number of hydrogen-bond acceptors (Lipinski definition) is 8. The maximum atomic E-state index is 15.9. The third-order valence-electron chi connectivity index (χ3n) is 8.00. The molecule has 10 nitrogen and oxygen atoms in total. The number of anilines is 1. The van der Waals surface area contributed by atoms with Gasteiger partial charge in [-0.3, -0.25) is 19.3 Å². The normalized spacial score (nSPS) is 17.2. The number of rotatable bonds is 10. The summed E-state index contributed by atoms with van der Waals surface area (Å²) in [5.41, 5.74) is -0.0883. The predicted molar refractivity (Wildman–Crippen MR) is 162 cm³/mol. The Kier molecular flexibility index (Phi) is 9.68. The Bertz CT molecular complexity index is 1710. The van der Waals surface area contributed by atoms with Gasteiger partial charge < -0.3 is 29.0 Å². The van der Waals surface area contributed by atoms with E-state index in [-0.39, 0.29) is 65.2 Å². The molecule has 1 saturated carbocycles. The first-order valence-electron chi connectivity index (χ1n) is 14.7. The Morgan fingerprint density at radius 1 is 1.15 bits per heavy atom. The van der Waals surface area contributed by atoms with Crippen LogP contribution in [0.4, 0.5) is 23.2 Å². The number of piperazine rings is 1. The highest BCUT2D eigenvalue weighted by Gasteiger charge is 2.34. The first kappa shape index (κ1) is 33.3. The second-order valence-corrected chi connectivity index (χ2v) is 11.6. The van der Waals surface area contributed by atoms with Crippen LogP contribution in [0.15, 0.2) is 35.3 Å². The minimum Gasteiger partial charge on any atom is -0.492 e. The van der Waals surface area contributed by atoms with E-state index in [0.717, 1.165) is 31.0 Å². The molecular formula is C31H33ClF4N4O6. The van der Waals surface area contributed by atoms with Crippen LogP contribution in [0, 0.1) is 5.82 Å². The molecule has 2 fully saturated rings. The number of carbonyl (C=O) groups excluding carboxylic acids is 2. The number of hydrogen-bond donors (Lipinski definition) is 1. The lowest BCUT2D eigenvalue weighted by atomic mass is 10.1. The molecule has 1 N–H and O–H groups in total. The van der Waals surface area contributed by atoms with Gasteiger partial charge >= 0.3 is 12.3 Å². The molecule has 3 aromatic rings. The molecule has 2 heterocycles. The van der Waals surface area contributed by atoms with Crippen molar-refractivity contribution < 1.29 is 41.4 Å². The molecule has 1 aromatic heterocycles. The molecule has 0 radical (unpaired) electrons. The Morgan fingerprint density at radius 3 is 2.50 bits per heavy atom. The van der Waals surface area contributed by atoms with Crippen molar-refractivity contribution in [2.45, 2.75) is 51.7 Å². The topological polar surface area (TPSA) is 102 Å². The highest BCUT2D eigenvalue weighted by Crippen LogP contribution is 2.44. The lowest BCUT2D eigenvalue weighted by Gasteiger charge is -2.41. The number of amides is 1. The van der Waals surface area contributed by atoms with E-state index in [1.165, 1.54) is 19.4 Å². The van der Waals surface area contributed by atoms with Crippen molar-refractivity contribution in [1.29, 1.82) is 0 Å². The fourth-order valence-electron chi connectivity index (χ4n) is 5.68. The van der Waals surface area contributed by atoms with Gasteiger partial charge in [0.1, 0.15) is 17.0 Å². The molecule has 0 bridgehead atoms. The van der Waals surface area contributed by atoms with Gasteiger partial charge in [0.2, 0.25) is 5.43 Å². The number of nitrogens with zero attached hydrogens (tertiary/aromatic N) is 3. The number of benzene rings is 2. The molecule has 248 valence electrons. The first-order valence-corrected chi connectivity index (χ1v) is 15.1. The van der Waals surface area contributed by atoms with Crippen LogP contribution in [0.3, 0.4) is 0 Å². The standard InChI is InChI=1S/C31H33ClF4N4O6/c1-4-45-25(41)16-38-9-10-39(14-17(38)2)27-24(33)12-21-26(29(27)44-3)40(19-6-7-19)15-22(28(21)42)30(43)37-13-18-5-8-20(11-23(18)32)46-31(34,35)36/h5,8,11-12,15,17,19H,4,6-7,9-10,13-14,16H2,1-3H3,(H,37,43). The summed E-state index contributed by atoms with van der Waals surface area (Å²) in [4.78, 5) is 42.8. The predicted octanol–water partition coefficient (Wildman–Crippen LogP) is 5.04. The summed E-state index contributed by atoms with van der Waals surface area (Å²) >= 11 is 6.11. The van der Waals surface area contributed by atoms with E-state index >= 15 is 4.39 Å². The van der Waals surface area contributed by atoms with E-state index < -0.39 is 29.3 Å². The van der Waals surface area contributed by atoms with Gasteiger partial charge in [-0.15, -0.1) is 13.2 Å². The van der Waals surface area contributed by atoms with Gasteiger partial charge in [-0.05, 0) is 50.5 Å². The summed E-state index contributed by atoms with van der Waals surface area (Å²) in [6, 6.07) is 4.27. The van der Waals surface area contributed by atoms with E-state index in [0.29, 0.717) is 30.7 Å². The van der Waals surface area contributed by atoms with E-state index in [2.05, 4.69) is 10.1 Å². The van der Waals surface area contributed by atoms with Crippen LogP contribution >= 0.6 is 11.6 Å². The number of carbonyl (C=O) groups is 2. The number of esters is 1. The maximum absolute atomic E-state index is 15.9. The molecule has 1 atom stereocenters. The average Bonchev–Trinajstić information content (AvgIpc) is 3.82. The van der Waals surface area contributed by atoms with Crippen LogP contribution in [0.2, 0.25) is 5.02 Å². The molecule has 1 aliphatic carbocycles. The fraction of sp³-hybridized carbons (Fsp3) is 0.452. The SMILES string of the molecule is CCOC(=O)CN1CCN(c2c(F)cc3c(=O)c(C(=O)NCc4ccc(OC(F)(F)F)cc4Cl)cn(C4CC4)c3c2OC)CC1C. The molecule has 1 unspecified atom stereocenters. The van der Waals surface area contributed by atoms with Crippen LogP contribution in [-0.2, 0) is 16.1 Å². The quantitative estimate of drug-likeness (QED) is 0.237. The molecular weight excluding hydrogens is 636 g/mol. The van der Waals surface area contributed by atoms with E-state index in [1.54, 1.807) is 11.5 Å². The van der Waals surface area contributed by atoms with Crippen molar-refractivity contribution in [2.24, 2.45) is 0 Å². The number of aromatic nitrogens is 1. The van der Waals surface area contributed by atoms with Crippen molar-refractivity contribution >= 4 is 40.1 Å². The summed E-state index contributed by atoms with van der Waals surface area (Å²) < 4.78 is 70.0. The van der Waals surface area contributed by atoms with E-state index in [1.807, 2.05) is 16.7 Å². The molecule has 1 saturated heterocycles. The molecule has 0 spiro atoms. The zero-order valence-electron chi connectivity index (χ0n) is 25.4. The van der Waals surface area contributed by atoms with Crippen molar-refractivity contribution in [1.82, 2.24) is 14.8 Å². The lowest BCUT2D eigenvalue weighted by molar-refractivity contribution is -0.274. The minimum absolute atomic E-state index is 0.0293. The van der Waals surface area contributed by atoms with E-state index in [4.69, 9.17) is 21.1 Å². The molecule has 1 amide bonds. The summed E-state index contributed by atoms with van der Waals surface area (Å²) in [6.07, 6.45) is -1.90. The van der Waals surface area contributed by atoms with Crippen LogP contribution < -0.4 is 25.1 Å². The summed E-state index contributed by atoms with van der Waals surface area (Å²) in [5.74, 6) is -2.13. The van der Waals surface area contributed by atoms with Gasteiger partial charge in [-0.1, -0.05) is 17.7 Å². The van der Waals surface area contributed by atoms with Gasteiger partial charge in [0, 0.05) is 49.5 Å². The Morgan fingerprint density at radius 2 is 1.89 bits per heavy atom. The number of ether oxygens (including phenoxy) is 3. The van der Waals surface area contributed by atoms with Crippen LogP contribution in [0.1, 0.15) is 48.7 Å². The zero-order chi connectivity index (χ0) is 33.3. The van der Waals surface area contributed by atoms with Crippen molar-refractivity contribution in [3.8, 4) is 11.5 Å². The van der Waals surface area contributed by atoms with Gasteiger partial charge in [-0.2, -0.15) is 0 Å². The minimum atomic E-state index is -4.89. The zero-order valence-corrected chi connectivity index (χ0v) is 26.1. The number of methoxy groups -OCH3 is 1. The number of alkyl halides is 3. The van der Waals surface area contributed by atoms with Crippen LogP contribution in [0.5, 0.6) is 11.5 Å². The number of halogens is 5. The lowest BCUT2D eigenvalue weighted by Crippen LogP contribution is -2.53. The Labute approximate surface area is 266 Å². The molecule has 2 aliphatic rings. The largest absolute Gasteiger partial charge is 0.573 e. The summed E-state index contributed by atoms with van der Waals surface area (Å²) in [6.45, 7) is 5.13. The number of pyridine rings is 1. The maximum Gasteiger partial charge on any atom is 0.573 e. The van der Waals surface area contributed by atoms with Crippen LogP contribution in [-0.4, -0.2) is 73.6 Å². The number of fused-ring (bicyclic) bond motifs is 1. The van der Waals surface area contributed by atoms with Crippen LogP contribution in [0.25, 0.3) is 10.9 Å². The third kappa shape index (κ3) is 7.17. The van der Waals surface area contributed by atoms with E-state index in [9.17, 15) is 27.6 Å². The van der Waals surface area contributed by atoms with Gasteiger partial charge in [0.15, 0.2) is 11.6 Å². The highest BCUT2D eigenvalue weighted by atomic mass is 35.5. The smallest absolute Gasteiger partial charge is 0.492 e. The molecule has 2 aromatic carbocycles. The fourth-order valence-corrected chi connectivity index (χ4v) is 5.92. The molecule has 46 heavy (non-hydrogen) atoms. The highest BCUT2D eigenvalue weighted by molar-refractivity contribution is 6.31. The third-order valence-corrected chi connectivity index (χ3v) is 8.36. The second-order valence-electron chi connectivity index (χ2n) is 11.2. The molecule has 1 aliphatic heterocycles. The molecule has 5 rings (SSSR count). The summed E-state index contributed by atoms with van der Waals surface area (Å²) in [5, 5.41) is 2.48. The Balaban J connectivity index is 1.44. The second kappa shape index (κ2) is 13.4. The number of nitrogens with one attached hydrogen (secondary N) is 1. The average molecular weight is 669 g/mol. The van der Waals surface area contributed by atoms with Gasteiger partial charge in [0.05, 0.1) is 31.2 Å². The van der Waals surface area contributed by atoms with Crippen molar-refractivity contribution in [3.63, 3.8) is 0 Å². The molecule has 15 heteroatoms.